The van der Waals surface area contributed by atoms with Crippen LogP contribution in [0, 0.1) is 11.3 Å². The van der Waals surface area contributed by atoms with Gasteiger partial charge in [0.05, 0.1) is 22.2 Å². The van der Waals surface area contributed by atoms with E-state index in [1.54, 1.807) is 30.3 Å². The van der Waals surface area contributed by atoms with Crippen molar-refractivity contribution >= 4 is 51.8 Å². The number of halogens is 1. The summed E-state index contributed by atoms with van der Waals surface area (Å²) in [6, 6.07) is 20.1. The van der Waals surface area contributed by atoms with Crippen molar-refractivity contribution in [1.82, 2.24) is 9.97 Å². The number of anilines is 1. The fourth-order valence-electron chi connectivity index (χ4n) is 3.71. The molecule has 1 aliphatic rings. The van der Waals surface area contributed by atoms with Gasteiger partial charge in [-0.2, -0.15) is 5.26 Å². The number of aromatic nitrogens is 2. The van der Waals surface area contributed by atoms with E-state index in [1.807, 2.05) is 36.5 Å². The maximum atomic E-state index is 13.1. The molecular formula is C24H15ClN4O2S. The Morgan fingerprint density at radius 2 is 1.97 bits per heavy atom. The Morgan fingerprint density at radius 3 is 2.78 bits per heavy atom. The van der Waals surface area contributed by atoms with Gasteiger partial charge in [-0.3, -0.25) is 9.59 Å². The fourth-order valence-corrected chi connectivity index (χ4v) is 5.04. The van der Waals surface area contributed by atoms with Crippen LogP contribution in [0.1, 0.15) is 12.0 Å². The van der Waals surface area contributed by atoms with Crippen molar-refractivity contribution in [2.24, 2.45) is 0 Å². The van der Waals surface area contributed by atoms with Crippen LogP contribution in [-0.4, -0.2) is 27.0 Å². The van der Waals surface area contributed by atoms with Gasteiger partial charge in [0.1, 0.15) is 11.1 Å². The van der Waals surface area contributed by atoms with Gasteiger partial charge in [0.2, 0.25) is 11.8 Å². The Labute approximate surface area is 192 Å². The first-order valence-corrected chi connectivity index (χ1v) is 11.1. The lowest BCUT2D eigenvalue weighted by Gasteiger charge is -2.15. The molecule has 3 heterocycles. The molecule has 1 aliphatic heterocycles. The SMILES string of the molecule is N#Cc1ccc(-c2ccccc2Cl)nc1SC1CC(=O)N(c2ccc3cc[nH]c3c2)C1=O. The molecule has 6 nitrogen and oxygen atoms in total. The summed E-state index contributed by atoms with van der Waals surface area (Å²) in [5.41, 5.74) is 3.05. The molecule has 8 heteroatoms. The molecule has 0 saturated carbocycles. The zero-order chi connectivity index (χ0) is 22.2. The van der Waals surface area contributed by atoms with E-state index in [4.69, 9.17) is 11.6 Å². The van der Waals surface area contributed by atoms with Crippen LogP contribution in [0.3, 0.4) is 0 Å². The van der Waals surface area contributed by atoms with Gasteiger partial charge in [-0.25, -0.2) is 9.88 Å². The number of pyridine rings is 1. The number of H-pyrrole nitrogens is 1. The van der Waals surface area contributed by atoms with E-state index in [0.717, 1.165) is 28.2 Å². The zero-order valence-corrected chi connectivity index (χ0v) is 18.2. The number of nitrogens with zero attached hydrogens (tertiary/aromatic N) is 3. The van der Waals surface area contributed by atoms with Gasteiger partial charge in [0.15, 0.2) is 0 Å². The summed E-state index contributed by atoms with van der Waals surface area (Å²) < 4.78 is 0. The first-order chi connectivity index (χ1) is 15.5. The number of carbonyl (C=O) groups excluding carboxylic acids is 2. The number of hydrogen-bond donors (Lipinski definition) is 1. The Bertz CT molecular complexity index is 1430. The van der Waals surface area contributed by atoms with E-state index in [0.29, 0.717) is 27.0 Å². The molecule has 2 aromatic carbocycles. The van der Waals surface area contributed by atoms with E-state index < -0.39 is 5.25 Å². The van der Waals surface area contributed by atoms with E-state index in [2.05, 4.69) is 16.0 Å². The highest BCUT2D eigenvalue weighted by molar-refractivity contribution is 8.00. The van der Waals surface area contributed by atoms with Gasteiger partial charge in [0, 0.05) is 28.7 Å². The van der Waals surface area contributed by atoms with Crippen LogP contribution < -0.4 is 4.90 Å². The average Bonchev–Trinajstić information content (AvgIpc) is 3.37. The summed E-state index contributed by atoms with van der Waals surface area (Å²) in [5, 5.41) is 10.8. The summed E-state index contributed by atoms with van der Waals surface area (Å²) >= 11 is 7.43. The van der Waals surface area contributed by atoms with Crippen LogP contribution in [0.15, 0.2) is 71.9 Å². The first-order valence-electron chi connectivity index (χ1n) is 9.82. The van der Waals surface area contributed by atoms with Gasteiger partial charge >= 0.3 is 0 Å². The molecule has 1 N–H and O–H groups in total. The monoisotopic (exact) mass is 458 g/mol. The number of rotatable bonds is 4. The van der Waals surface area contributed by atoms with Gasteiger partial charge < -0.3 is 4.98 Å². The minimum atomic E-state index is -0.664. The molecule has 0 radical (unpaired) electrons. The third-order valence-electron chi connectivity index (χ3n) is 5.29. The number of benzene rings is 2. The van der Waals surface area contributed by atoms with Crippen LogP contribution in [-0.2, 0) is 9.59 Å². The summed E-state index contributed by atoms with van der Waals surface area (Å²) in [6.07, 6.45) is 1.84. The van der Waals surface area contributed by atoms with Crippen LogP contribution in [0.25, 0.3) is 22.2 Å². The number of fused-ring (bicyclic) bond motifs is 1. The fraction of sp³-hybridized carbons (Fsp3) is 0.0833. The molecule has 2 amide bonds. The van der Waals surface area contributed by atoms with Crippen molar-refractivity contribution < 1.29 is 9.59 Å². The van der Waals surface area contributed by atoms with Crippen LogP contribution in [0.5, 0.6) is 0 Å². The minimum Gasteiger partial charge on any atom is -0.361 e. The lowest BCUT2D eigenvalue weighted by atomic mass is 10.1. The molecule has 1 unspecified atom stereocenters. The second kappa shape index (κ2) is 8.15. The molecule has 32 heavy (non-hydrogen) atoms. The van der Waals surface area contributed by atoms with E-state index in [9.17, 15) is 14.9 Å². The third-order valence-corrected chi connectivity index (χ3v) is 6.80. The van der Waals surface area contributed by atoms with Gasteiger partial charge in [0.25, 0.3) is 0 Å². The second-order valence-corrected chi connectivity index (χ2v) is 8.87. The Balaban J connectivity index is 1.45. The Hall–Kier alpha value is -3.60. The molecular weight excluding hydrogens is 444 g/mol. The van der Waals surface area contributed by atoms with Gasteiger partial charge in [-0.1, -0.05) is 47.6 Å². The standard InChI is InChI=1S/C24H15ClN4O2S/c25-18-4-2-1-3-17(18)19-8-6-15(13-26)23(28-19)32-21-12-22(30)29(24(21)31)16-7-5-14-9-10-27-20(14)11-16/h1-11,21,27H,12H2. The number of imide groups is 1. The topological polar surface area (TPSA) is 89.8 Å². The maximum Gasteiger partial charge on any atom is 0.247 e. The number of carbonyl (C=O) groups is 2. The normalized spacial score (nSPS) is 16.0. The number of nitriles is 1. The quantitative estimate of drug-likeness (QED) is 0.425. The highest BCUT2D eigenvalue weighted by atomic mass is 35.5. The molecule has 0 spiro atoms. The minimum absolute atomic E-state index is 0.0368. The van der Waals surface area contributed by atoms with Crippen molar-refractivity contribution in [1.29, 1.82) is 5.26 Å². The molecule has 156 valence electrons. The molecule has 1 saturated heterocycles. The molecule has 0 bridgehead atoms. The second-order valence-electron chi connectivity index (χ2n) is 7.27. The smallest absolute Gasteiger partial charge is 0.247 e. The highest BCUT2D eigenvalue weighted by Gasteiger charge is 2.41. The number of amides is 2. The van der Waals surface area contributed by atoms with E-state index >= 15 is 0 Å². The predicted molar refractivity (Wildman–Crippen MR) is 124 cm³/mol. The van der Waals surface area contributed by atoms with Crippen molar-refractivity contribution in [2.75, 3.05) is 4.90 Å². The number of aromatic amines is 1. The van der Waals surface area contributed by atoms with Crippen molar-refractivity contribution in [3.05, 3.63) is 77.4 Å². The Morgan fingerprint density at radius 1 is 1.12 bits per heavy atom. The van der Waals surface area contributed by atoms with Crippen molar-refractivity contribution in [3.63, 3.8) is 0 Å². The first kappa shape index (κ1) is 20.3. The van der Waals surface area contributed by atoms with Gasteiger partial charge in [-0.15, -0.1) is 0 Å². The lowest BCUT2D eigenvalue weighted by molar-refractivity contribution is -0.121. The molecule has 1 atom stereocenters. The summed E-state index contributed by atoms with van der Waals surface area (Å²) in [6.45, 7) is 0. The van der Waals surface area contributed by atoms with Crippen LogP contribution in [0.4, 0.5) is 5.69 Å². The predicted octanol–water partition coefficient (Wildman–Crippen LogP) is 5.18. The highest BCUT2D eigenvalue weighted by Crippen LogP contribution is 2.37. The lowest BCUT2D eigenvalue weighted by Crippen LogP contribution is -2.31. The Kier molecular flexibility index (Phi) is 5.17. The number of nitrogens with one attached hydrogen (secondary N) is 1. The number of thioether (sulfide) groups is 1. The molecule has 1 fully saturated rings. The maximum absolute atomic E-state index is 13.1. The summed E-state index contributed by atoms with van der Waals surface area (Å²) in [7, 11) is 0. The van der Waals surface area contributed by atoms with Crippen LogP contribution >= 0.6 is 23.4 Å². The molecule has 4 aromatic rings. The average molecular weight is 459 g/mol. The molecule has 0 aliphatic carbocycles. The van der Waals surface area contributed by atoms with Crippen molar-refractivity contribution in [2.45, 2.75) is 16.7 Å². The third kappa shape index (κ3) is 3.54. The summed E-state index contributed by atoms with van der Waals surface area (Å²) in [4.78, 5) is 34.8. The molecule has 5 rings (SSSR count). The van der Waals surface area contributed by atoms with Crippen LogP contribution in [0.2, 0.25) is 5.02 Å². The number of hydrogen-bond acceptors (Lipinski definition) is 5. The van der Waals surface area contributed by atoms with Crippen molar-refractivity contribution in [3.8, 4) is 17.3 Å². The van der Waals surface area contributed by atoms with E-state index in [-0.39, 0.29) is 18.2 Å². The molecule has 2 aromatic heterocycles. The zero-order valence-electron chi connectivity index (χ0n) is 16.6. The largest absolute Gasteiger partial charge is 0.361 e. The van der Waals surface area contributed by atoms with E-state index in [1.165, 1.54) is 4.90 Å². The van der Waals surface area contributed by atoms with Gasteiger partial charge in [-0.05, 0) is 41.8 Å². The summed E-state index contributed by atoms with van der Waals surface area (Å²) in [5.74, 6) is -0.598.